The van der Waals surface area contributed by atoms with Crippen LogP contribution in [0.1, 0.15) is 12.5 Å². The van der Waals surface area contributed by atoms with Gasteiger partial charge in [-0.05, 0) is 6.92 Å². The molecule has 116 valence electrons. The zero-order chi connectivity index (χ0) is 16.1. The van der Waals surface area contributed by atoms with Gasteiger partial charge in [-0.3, -0.25) is 0 Å². The smallest absolute Gasteiger partial charge is 0.463 e. The van der Waals surface area contributed by atoms with Crippen LogP contribution in [-0.4, -0.2) is 26.5 Å². The fourth-order valence-electron chi connectivity index (χ4n) is 1.21. The fraction of sp³-hybridized carbons (Fsp3) is 0.250. The van der Waals surface area contributed by atoms with Crippen molar-refractivity contribution >= 4 is 21.8 Å². The molecule has 0 radical (unpaired) electrons. The molecule has 0 heterocycles. The first-order valence-electron chi connectivity index (χ1n) is 5.62. The van der Waals surface area contributed by atoms with Crippen LogP contribution in [0.15, 0.2) is 36.4 Å². The summed E-state index contributed by atoms with van der Waals surface area (Å²) in [4.78, 5) is 11.3. The Hall–Kier alpha value is -2.03. The second-order valence-corrected chi connectivity index (χ2v) is 5.15. The van der Waals surface area contributed by atoms with Crippen LogP contribution in [0.4, 0.5) is 13.2 Å². The van der Waals surface area contributed by atoms with Gasteiger partial charge in [-0.25, -0.2) is 4.79 Å². The highest BCUT2D eigenvalue weighted by Crippen LogP contribution is 2.29. The van der Waals surface area contributed by atoms with Gasteiger partial charge in [0.05, 0.1) is 12.7 Å². The van der Waals surface area contributed by atoms with Crippen molar-refractivity contribution in [2.45, 2.75) is 12.4 Å². The van der Waals surface area contributed by atoms with Gasteiger partial charge in [0.2, 0.25) is 0 Å². The molecule has 0 N–H and O–H groups in total. The average molecular weight is 324 g/mol. The highest BCUT2D eigenvalue weighted by atomic mass is 32.2. The van der Waals surface area contributed by atoms with E-state index in [4.69, 9.17) is 0 Å². The minimum absolute atomic E-state index is 0.0154. The molecule has 1 rings (SSSR count). The van der Waals surface area contributed by atoms with Crippen molar-refractivity contribution in [2.24, 2.45) is 0 Å². The lowest BCUT2D eigenvalue weighted by atomic mass is 10.2. The number of carbonyl (C=O) groups excluding carboxylic acids is 1. The largest absolute Gasteiger partial charge is 0.534 e. The topological polar surface area (TPSA) is 69.7 Å². The standard InChI is InChI=1S/C12H11F3O5S/c1-2-19-11(16)8-10(9-6-4-3-5-7-9)20-21(17,18)12(13,14)15/h3-8H,2H2,1H3/b10-8+. The minimum atomic E-state index is -5.88. The number of esters is 1. The van der Waals surface area contributed by atoms with Crippen LogP contribution in [0.2, 0.25) is 0 Å². The Labute approximate surface area is 119 Å². The highest BCUT2D eigenvalue weighted by Gasteiger charge is 2.49. The van der Waals surface area contributed by atoms with Crippen LogP contribution in [0.25, 0.3) is 5.76 Å². The van der Waals surface area contributed by atoms with E-state index in [-0.39, 0.29) is 12.2 Å². The lowest BCUT2D eigenvalue weighted by molar-refractivity contribution is -0.137. The van der Waals surface area contributed by atoms with Gasteiger partial charge in [-0.1, -0.05) is 30.3 Å². The van der Waals surface area contributed by atoms with Crippen LogP contribution in [-0.2, 0) is 23.8 Å². The van der Waals surface area contributed by atoms with Crippen LogP contribution in [0.3, 0.4) is 0 Å². The second kappa shape index (κ2) is 6.61. The summed E-state index contributed by atoms with van der Waals surface area (Å²) in [6, 6.07) is 7.02. The van der Waals surface area contributed by atoms with E-state index in [1.165, 1.54) is 31.2 Å². The van der Waals surface area contributed by atoms with Crippen molar-refractivity contribution in [3.63, 3.8) is 0 Å². The number of hydrogen-bond acceptors (Lipinski definition) is 5. The van der Waals surface area contributed by atoms with E-state index in [1.54, 1.807) is 6.07 Å². The predicted octanol–water partition coefficient (Wildman–Crippen LogP) is 2.46. The molecule has 0 spiro atoms. The lowest BCUT2D eigenvalue weighted by Crippen LogP contribution is -2.25. The van der Waals surface area contributed by atoms with Crippen molar-refractivity contribution in [1.29, 1.82) is 0 Å². The summed E-state index contributed by atoms with van der Waals surface area (Å²) in [5, 5.41) is 0. The first-order valence-corrected chi connectivity index (χ1v) is 7.03. The van der Waals surface area contributed by atoms with Gasteiger partial charge < -0.3 is 8.92 Å². The Bertz CT molecular complexity index is 620. The minimum Gasteiger partial charge on any atom is -0.463 e. The molecule has 0 aliphatic rings. The van der Waals surface area contributed by atoms with Gasteiger partial charge in [0, 0.05) is 5.56 Å². The molecule has 9 heteroatoms. The number of carbonyl (C=O) groups is 1. The van der Waals surface area contributed by atoms with Gasteiger partial charge in [0.1, 0.15) is 0 Å². The van der Waals surface area contributed by atoms with Crippen LogP contribution < -0.4 is 0 Å². The molecule has 0 saturated heterocycles. The van der Waals surface area contributed by atoms with E-state index in [0.717, 1.165) is 0 Å². The molecule has 21 heavy (non-hydrogen) atoms. The van der Waals surface area contributed by atoms with E-state index in [9.17, 15) is 26.4 Å². The molecule has 0 aromatic heterocycles. The first-order chi connectivity index (χ1) is 9.67. The van der Waals surface area contributed by atoms with Crippen LogP contribution >= 0.6 is 0 Å². The zero-order valence-electron chi connectivity index (χ0n) is 10.8. The summed E-state index contributed by atoms with van der Waals surface area (Å²) in [6.07, 6.45) is 0.544. The number of hydrogen-bond donors (Lipinski definition) is 0. The molecule has 0 fully saturated rings. The zero-order valence-corrected chi connectivity index (χ0v) is 11.6. The number of rotatable bonds is 5. The van der Waals surface area contributed by atoms with E-state index in [2.05, 4.69) is 8.92 Å². The second-order valence-electron chi connectivity index (χ2n) is 3.61. The molecular weight excluding hydrogens is 313 g/mol. The monoisotopic (exact) mass is 324 g/mol. The van der Waals surface area contributed by atoms with Gasteiger partial charge in [0.15, 0.2) is 5.76 Å². The SMILES string of the molecule is CCOC(=O)/C=C(/OS(=O)(=O)C(F)(F)F)c1ccccc1. The Morgan fingerprint density at radius 1 is 1.24 bits per heavy atom. The van der Waals surface area contributed by atoms with Crippen molar-refractivity contribution in [3.8, 4) is 0 Å². The molecule has 0 amide bonds. The molecule has 0 aliphatic heterocycles. The Morgan fingerprint density at radius 3 is 2.29 bits per heavy atom. The highest BCUT2D eigenvalue weighted by molar-refractivity contribution is 7.87. The van der Waals surface area contributed by atoms with E-state index < -0.39 is 27.4 Å². The van der Waals surface area contributed by atoms with E-state index in [0.29, 0.717) is 6.08 Å². The van der Waals surface area contributed by atoms with E-state index >= 15 is 0 Å². The molecule has 0 aliphatic carbocycles. The van der Waals surface area contributed by atoms with Gasteiger partial charge in [-0.15, -0.1) is 0 Å². The third-order valence-electron chi connectivity index (χ3n) is 2.08. The molecule has 0 bridgehead atoms. The number of ether oxygens (including phenoxy) is 1. The average Bonchev–Trinajstić information content (AvgIpc) is 2.37. The predicted molar refractivity (Wildman–Crippen MR) is 67.1 cm³/mol. The molecule has 5 nitrogen and oxygen atoms in total. The molecule has 0 atom stereocenters. The molecule has 1 aromatic carbocycles. The maximum atomic E-state index is 12.3. The molecule has 0 saturated carbocycles. The normalized spacial score (nSPS) is 12.9. The Kier molecular flexibility index (Phi) is 5.36. The van der Waals surface area contributed by atoms with E-state index in [1.807, 2.05) is 0 Å². The number of alkyl halides is 3. The van der Waals surface area contributed by atoms with Crippen LogP contribution in [0, 0.1) is 0 Å². The summed E-state index contributed by atoms with van der Waals surface area (Å²) in [5.41, 5.74) is -5.62. The number of benzene rings is 1. The maximum absolute atomic E-state index is 12.3. The van der Waals surface area contributed by atoms with Crippen molar-refractivity contribution in [1.82, 2.24) is 0 Å². The summed E-state index contributed by atoms with van der Waals surface area (Å²) in [6.45, 7) is 1.46. The van der Waals surface area contributed by atoms with Crippen molar-refractivity contribution in [3.05, 3.63) is 42.0 Å². The summed E-state index contributed by atoms with van der Waals surface area (Å²) in [5.74, 6) is -1.79. The third kappa shape index (κ3) is 4.78. The van der Waals surface area contributed by atoms with Gasteiger partial charge in [-0.2, -0.15) is 21.6 Å². The molecule has 1 aromatic rings. The lowest BCUT2D eigenvalue weighted by Gasteiger charge is -2.12. The van der Waals surface area contributed by atoms with Gasteiger partial charge >= 0.3 is 21.6 Å². The summed E-state index contributed by atoms with van der Waals surface area (Å²) >= 11 is 0. The molecular formula is C12H11F3O5S. The van der Waals surface area contributed by atoms with Crippen molar-refractivity contribution in [2.75, 3.05) is 6.61 Å². The quantitative estimate of drug-likeness (QED) is 0.274. The van der Waals surface area contributed by atoms with Crippen molar-refractivity contribution < 1.29 is 35.3 Å². The summed E-state index contributed by atoms with van der Waals surface area (Å²) < 4.78 is 67.6. The van der Waals surface area contributed by atoms with Gasteiger partial charge in [0.25, 0.3) is 0 Å². The maximum Gasteiger partial charge on any atom is 0.534 e. The Morgan fingerprint density at radius 2 is 1.81 bits per heavy atom. The summed E-state index contributed by atoms with van der Waals surface area (Å²) in [7, 11) is -5.88. The third-order valence-corrected chi connectivity index (χ3v) is 3.04. The number of halogens is 3. The molecule has 0 unspecified atom stereocenters. The fourth-order valence-corrected chi connectivity index (χ4v) is 1.69. The van der Waals surface area contributed by atoms with Crippen LogP contribution in [0.5, 0.6) is 0 Å². The first kappa shape index (κ1) is 17.0. The Balaban J connectivity index is 3.19.